The van der Waals surface area contributed by atoms with Gasteiger partial charge in [0.2, 0.25) is 0 Å². The third-order valence-corrected chi connectivity index (χ3v) is 40.4. The SMILES string of the molecule is C=CC(c1ccccc1)([PH](C1CCCCC1)(C1CCCCC1)C1CCCCC1)P(Cl)(C1CCCCC1)(C1CCCCC1)C1(Cl)CCCCC1.[Ru]. The summed E-state index contributed by atoms with van der Waals surface area (Å²) in [6.45, 7) is 5.31. The Morgan fingerprint density at radius 2 is 0.900 bits per heavy atom. The zero-order valence-electron chi connectivity index (χ0n) is 31.8. The van der Waals surface area contributed by atoms with Gasteiger partial charge in [-0.1, -0.05) is 0 Å². The second-order valence-corrected chi connectivity index (χ2v) is 32.5. The van der Waals surface area contributed by atoms with Crippen LogP contribution in [0.3, 0.4) is 0 Å². The van der Waals surface area contributed by atoms with Crippen molar-refractivity contribution < 1.29 is 19.5 Å². The van der Waals surface area contributed by atoms with Crippen LogP contribution in [0.25, 0.3) is 0 Å². The Kier molecular flexibility index (Phi) is 14.2. The molecule has 6 aliphatic rings. The van der Waals surface area contributed by atoms with E-state index in [0.717, 1.165) is 29.8 Å². The topological polar surface area (TPSA) is 0 Å². The van der Waals surface area contributed by atoms with Gasteiger partial charge in [-0.3, -0.25) is 0 Å². The van der Waals surface area contributed by atoms with Gasteiger partial charge in [0.1, 0.15) is 0 Å². The van der Waals surface area contributed by atoms with Gasteiger partial charge in [0.15, 0.2) is 0 Å². The molecule has 6 fully saturated rings. The fourth-order valence-electron chi connectivity index (χ4n) is 15.3. The molecule has 7 rings (SSSR count). The average molecular weight is 849 g/mol. The van der Waals surface area contributed by atoms with E-state index in [1.807, 2.05) is 0 Å². The number of allylic oxidation sites excluding steroid dienone is 1. The summed E-state index contributed by atoms with van der Waals surface area (Å²) < 4.78 is -0.282. The average Bonchev–Trinajstić information content (AvgIpc) is 3.19. The smallest absolute Gasteiger partial charge is 0 e. The summed E-state index contributed by atoms with van der Waals surface area (Å²) >= 11 is 19.2. The largest absolute Gasteiger partial charge is 0 e. The van der Waals surface area contributed by atoms with Crippen molar-refractivity contribution in [1.82, 2.24) is 0 Å². The van der Waals surface area contributed by atoms with Crippen LogP contribution in [0, 0.1) is 0 Å². The minimum Gasteiger partial charge on any atom is 0 e. The molecule has 0 spiro atoms. The fourth-order valence-corrected chi connectivity index (χ4v) is 44.7. The zero-order valence-corrected chi connectivity index (χ0v) is 37.0. The quantitative estimate of drug-likeness (QED) is 0.0952. The van der Waals surface area contributed by atoms with Crippen LogP contribution in [0.4, 0.5) is 0 Å². The molecule has 1 unspecified atom stereocenters. The first-order valence-corrected chi connectivity index (χ1v) is 28.0. The monoisotopic (exact) mass is 848 g/mol. The maximum absolute atomic E-state index is 10.1. The molecule has 50 heavy (non-hydrogen) atoms. The van der Waals surface area contributed by atoms with Gasteiger partial charge in [-0.05, 0) is 0 Å². The summed E-state index contributed by atoms with van der Waals surface area (Å²) in [4.78, 5) is -0.128. The molecule has 0 nitrogen and oxygen atoms in total. The predicted molar refractivity (Wildman–Crippen MR) is 225 cm³/mol. The standard InChI is InChI=1S/C45H74Cl2P2.Ru/c1-2-45(38-24-10-3-11-25-38,48(39-26-12-4-13-27-39,40-28-14-5-15-29-40)41-30-16-6-17-31-41)49(47,42-32-18-7-19-33-42,43-34-20-8-21-35-43)44(46)36-22-9-23-37-44;/h2-3,10-11,24-25,39-43,48H,1,4-9,12-23,26-37H2;. The number of halogens is 2. The maximum atomic E-state index is 10.1. The minimum absolute atomic E-state index is 0. The summed E-state index contributed by atoms with van der Waals surface area (Å²) in [5.74, 6) is -3.51. The van der Waals surface area contributed by atoms with Crippen molar-refractivity contribution in [3.63, 3.8) is 0 Å². The second kappa shape index (κ2) is 17.4. The normalized spacial score (nSPS) is 28.4. The summed E-state index contributed by atoms with van der Waals surface area (Å²) in [5.41, 5.74) is 5.40. The minimum atomic E-state index is -3.51. The van der Waals surface area contributed by atoms with Crippen LogP contribution in [0.2, 0.25) is 0 Å². The van der Waals surface area contributed by atoms with Gasteiger partial charge in [-0.25, -0.2) is 0 Å². The summed E-state index contributed by atoms with van der Waals surface area (Å²) in [5, 5.41) is 0. The summed E-state index contributed by atoms with van der Waals surface area (Å²) in [6, 6.07) is 12.5. The van der Waals surface area contributed by atoms with Crippen LogP contribution in [-0.4, -0.2) is 32.9 Å². The number of alkyl halides is 1. The van der Waals surface area contributed by atoms with Gasteiger partial charge in [-0.2, -0.15) is 0 Å². The van der Waals surface area contributed by atoms with Gasteiger partial charge < -0.3 is 0 Å². The van der Waals surface area contributed by atoms with E-state index in [1.165, 1.54) is 180 Å². The molecule has 6 saturated carbocycles. The van der Waals surface area contributed by atoms with Crippen molar-refractivity contribution in [3.05, 3.63) is 48.6 Å². The van der Waals surface area contributed by atoms with Gasteiger partial charge in [0, 0.05) is 19.5 Å². The van der Waals surface area contributed by atoms with Crippen LogP contribution < -0.4 is 0 Å². The van der Waals surface area contributed by atoms with Crippen molar-refractivity contribution in [1.29, 1.82) is 0 Å². The van der Waals surface area contributed by atoms with E-state index < -0.39 is 13.2 Å². The molecular formula is C45H74Cl2P2Ru. The first kappa shape index (κ1) is 40.7. The van der Waals surface area contributed by atoms with E-state index >= 15 is 0 Å². The van der Waals surface area contributed by atoms with Crippen LogP contribution in [0.15, 0.2) is 43.0 Å². The molecule has 1 aromatic carbocycles. The fraction of sp³-hybridized carbons (Fsp3) is 0.822. The zero-order chi connectivity index (χ0) is 33.9. The first-order chi connectivity index (χ1) is 24.0. The number of hydrogen-bond donors (Lipinski definition) is 0. The van der Waals surface area contributed by atoms with Crippen molar-refractivity contribution in [2.75, 3.05) is 0 Å². The Morgan fingerprint density at radius 3 is 1.26 bits per heavy atom. The van der Waals surface area contributed by atoms with Crippen LogP contribution in [-0.2, 0) is 24.4 Å². The summed E-state index contributed by atoms with van der Waals surface area (Å²) in [6.07, 6.45) is 44.4. The molecule has 0 N–H and O–H groups in total. The Morgan fingerprint density at radius 1 is 0.560 bits per heavy atom. The molecule has 286 valence electrons. The third-order valence-electron chi connectivity index (χ3n) is 16.7. The van der Waals surface area contributed by atoms with E-state index in [4.69, 9.17) is 18.2 Å². The maximum Gasteiger partial charge on any atom is 0 e. The molecule has 0 bridgehead atoms. The van der Waals surface area contributed by atoms with Gasteiger partial charge in [0.25, 0.3) is 0 Å². The van der Waals surface area contributed by atoms with Crippen molar-refractivity contribution in [2.24, 2.45) is 0 Å². The van der Waals surface area contributed by atoms with Crippen LogP contribution in [0.5, 0.6) is 0 Å². The number of benzene rings is 1. The Balaban J connectivity index is 0.00000432. The Hall–Kier alpha value is 1.02. The number of hydrogen-bond acceptors (Lipinski definition) is 0. The molecule has 5 heteroatoms. The van der Waals surface area contributed by atoms with Crippen molar-refractivity contribution in [3.8, 4) is 0 Å². The first-order valence-electron chi connectivity index (χ1n) is 22.1. The third kappa shape index (κ3) is 6.20. The molecule has 0 radical (unpaired) electrons. The molecule has 0 aromatic heterocycles. The molecule has 0 heterocycles. The summed E-state index contributed by atoms with van der Waals surface area (Å²) in [7, 11) is -2.40. The second-order valence-electron chi connectivity index (χ2n) is 18.5. The number of rotatable bonds is 10. The van der Waals surface area contributed by atoms with E-state index in [1.54, 1.807) is 5.56 Å². The predicted octanol–water partition coefficient (Wildman–Crippen LogP) is 16.0. The Labute approximate surface area is 332 Å². The van der Waals surface area contributed by atoms with Gasteiger partial charge in [0.05, 0.1) is 0 Å². The van der Waals surface area contributed by atoms with Gasteiger partial charge in [-0.15, -0.1) is 0 Å². The molecule has 1 aromatic rings. The van der Waals surface area contributed by atoms with Crippen LogP contribution >= 0.6 is 36.1 Å². The molecular weight excluding hydrogens is 774 g/mol. The van der Waals surface area contributed by atoms with Crippen molar-refractivity contribution in [2.45, 2.75) is 230 Å². The van der Waals surface area contributed by atoms with E-state index in [0.29, 0.717) is 11.3 Å². The van der Waals surface area contributed by atoms with Crippen molar-refractivity contribution >= 4 is 36.1 Å². The van der Waals surface area contributed by atoms with E-state index in [-0.39, 0.29) is 29.0 Å². The van der Waals surface area contributed by atoms with Gasteiger partial charge >= 0.3 is 315 Å². The van der Waals surface area contributed by atoms with E-state index in [2.05, 4.69) is 36.4 Å². The van der Waals surface area contributed by atoms with Crippen LogP contribution in [0.1, 0.15) is 198 Å². The molecule has 1 atom stereocenters. The van der Waals surface area contributed by atoms with E-state index in [9.17, 15) is 11.2 Å². The molecule has 6 aliphatic carbocycles. The molecule has 0 aliphatic heterocycles. The molecule has 0 amide bonds. The molecule has 0 saturated heterocycles. The Bertz CT molecular complexity index is 1140.